The summed E-state index contributed by atoms with van der Waals surface area (Å²) in [5, 5.41) is 0. The van der Waals surface area contributed by atoms with Gasteiger partial charge in [-0.05, 0) is 18.2 Å². The van der Waals surface area contributed by atoms with Crippen molar-refractivity contribution in [2.75, 3.05) is 11.5 Å². The molecule has 0 heterocycles. The third-order valence-corrected chi connectivity index (χ3v) is 2.97. The molecule has 2 heteroatoms. The molecule has 0 aliphatic rings. The zero-order valence-electron chi connectivity index (χ0n) is 8.29. The van der Waals surface area contributed by atoms with Gasteiger partial charge >= 0.3 is 0 Å². The van der Waals surface area contributed by atoms with Gasteiger partial charge in [-0.15, -0.1) is 0 Å². The largest absolute Gasteiger partial charge is 0.323 e. The smallest absolute Gasteiger partial charge is 0.0386 e. The molecule has 1 rings (SSSR count). The first-order valence-corrected chi connectivity index (χ1v) is 5.79. The molecule has 0 amide bonds. The van der Waals surface area contributed by atoms with Crippen molar-refractivity contribution in [3.8, 4) is 0 Å². The lowest BCUT2D eigenvalue weighted by atomic mass is 10.1. The van der Waals surface area contributed by atoms with Gasteiger partial charge in [-0.3, -0.25) is 0 Å². The fraction of sp³-hybridized carbons (Fsp3) is 0.455. The van der Waals surface area contributed by atoms with E-state index in [2.05, 4.69) is 38.1 Å². The van der Waals surface area contributed by atoms with Crippen molar-refractivity contribution in [3.05, 3.63) is 35.4 Å². The molecule has 1 unspecified atom stereocenters. The Balaban J connectivity index is 2.60. The van der Waals surface area contributed by atoms with Crippen LogP contribution in [-0.2, 0) is 0 Å². The van der Waals surface area contributed by atoms with Crippen molar-refractivity contribution < 1.29 is 0 Å². The number of nitrogens with two attached hydrogens (primary N) is 1. The Morgan fingerprint density at radius 2 is 2.23 bits per heavy atom. The predicted molar refractivity (Wildman–Crippen MR) is 61.1 cm³/mol. The maximum atomic E-state index is 6.03. The molecule has 1 aromatic carbocycles. The molecule has 13 heavy (non-hydrogen) atoms. The summed E-state index contributed by atoms with van der Waals surface area (Å²) < 4.78 is 0. The van der Waals surface area contributed by atoms with Crippen LogP contribution in [0.25, 0.3) is 0 Å². The Labute approximate surface area is 84.7 Å². The van der Waals surface area contributed by atoms with Crippen LogP contribution in [0.4, 0.5) is 0 Å². The Morgan fingerprint density at radius 1 is 1.46 bits per heavy atom. The molecule has 2 N–H and O–H groups in total. The molecule has 0 bridgehead atoms. The second kappa shape index (κ2) is 5.30. The van der Waals surface area contributed by atoms with Crippen LogP contribution >= 0.6 is 11.8 Å². The van der Waals surface area contributed by atoms with Crippen LogP contribution in [0.3, 0.4) is 0 Å². The van der Waals surface area contributed by atoms with Gasteiger partial charge < -0.3 is 5.73 Å². The molecule has 0 aromatic heterocycles. The van der Waals surface area contributed by atoms with E-state index in [9.17, 15) is 0 Å². The molecule has 1 aromatic rings. The molecular formula is C11H17NS. The zero-order chi connectivity index (χ0) is 9.68. The van der Waals surface area contributed by atoms with Crippen molar-refractivity contribution >= 4 is 11.8 Å². The Morgan fingerprint density at radius 3 is 2.85 bits per heavy atom. The van der Waals surface area contributed by atoms with Gasteiger partial charge in [0.15, 0.2) is 0 Å². The van der Waals surface area contributed by atoms with Crippen molar-refractivity contribution in [2.45, 2.75) is 19.9 Å². The van der Waals surface area contributed by atoms with E-state index in [-0.39, 0.29) is 6.04 Å². The molecule has 0 aliphatic heterocycles. The number of aryl methyl sites for hydroxylation is 1. The van der Waals surface area contributed by atoms with Crippen molar-refractivity contribution in [3.63, 3.8) is 0 Å². The Hall–Kier alpha value is -0.470. The highest BCUT2D eigenvalue weighted by atomic mass is 32.2. The quantitative estimate of drug-likeness (QED) is 0.799. The average Bonchev–Trinajstić information content (AvgIpc) is 2.14. The highest BCUT2D eigenvalue weighted by molar-refractivity contribution is 7.99. The van der Waals surface area contributed by atoms with Gasteiger partial charge in [0.2, 0.25) is 0 Å². The van der Waals surface area contributed by atoms with E-state index < -0.39 is 0 Å². The first kappa shape index (κ1) is 10.6. The summed E-state index contributed by atoms with van der Waals surface area (Å²) in [4.78, 5) is 0. The van der Waals surface area contributed by atoms with Gasteiger partial charge in [-0.1, -0.05) is 36.8 Å². The van der Waals surface area contributed by atoms with Crippen LogP contribution in [0.1, 0.15) is 24.1 Å². The standard InChI is InChI=1S/C11H17NS/c1-3-13-8-11(12)10-6-4-5-9(2)7-10/h4-7,11H,3,8,12H2,1-2H3. The van der Waals surface area contributed by atoms with Gasteiger partial charge in [0.25, 0.3) is 0 Å². The van der Waals surface area contributed by atoms with E-state index >= 15 is 0 Å². The van der Waals surface area contributed by atoms with E-state index in [1.54, 1.807) is 0 Å². The van der Waals surface area contributed by atoms with Crippen LogP contribution in [0.2, 0.25) is 0 Å². The zero-order valence-corrected chi connectivity index (χ0v) is 9.10. The Kier molecular flexibility index (Phi) is 4.33. The van der Waals surface area contributed by atoms with Crippen LogP contribution < -0.4 is 5.73 Å². The van der Waals surface area contributed by atoms with Gasteiger partial charge in [0.1, 0.15) is 0 Å². The normalized spacial score (nSPS) is 12.8. The molecule has 0 saturated heterocycles. The molecule has 0 fully saturated rings. The van der Waals surface area contributed by atoms with Crippen LogP contribution in [0, 0.1) is 6.92 Å². The van der Waals surface area contributed by atoms with Crippen molar-refractivity contribution in [1.82, 2.24) is 0 Å². The lowest BCUT2D eigenvalue weighted by Crippen LogP contribution is -2.13. The van der Waals surface area contributed by atoms with Crippen LogP contribution in [0.15, 0.2) is 24.3 Å². The highest BCUT2D eigenvalue weighted by Gasteiger charge is 2.04. The van der Waals surface area contributed by atoms with E-state index in [0.29, 0.717) is 0 Å². The number of hydrogen-bond donors (Lipinski definition) is 1. The summed E-state index contributed by atoms with van der Waals surface area (Å²) in [5.74, 6) is 2.15. The van der Waals surface area contributed by atoms with Gasteiger partial charge in [-0.2, -0.15) is 11.8 Å². The predicted octanol–water partition coefficient (Wildman–Crippen LogP) is 2.75. The molecule has 0 spiro atoms. The van der Waals surface area contributed by atoms with E-state index in [4.69, 9.17) is 5.73 Å². The van der Waals surface area contributed by atoms with E-state index in [1.165, 1.54) is 11.1 Å². The molecule has 1 atom stereocenters. The topological polar surface area (TPSA) is 26.0 Å². The molecular weight excluding hydrogens is 178 g/mol. The van der Waals surface area contributed by atoms with E-state index in [0.717, 1.165) is 11.5 Å². The summed E-state index contributed by atoms with van der Waals surface area (Å²) in [6.45, 7) is 4.26. The fourth-order valence-electron chi connectivity index (χ4n) is 1.24. The highest BCUT2D eigenvalue weighted by Crippen LogP contribution is 2.16. The van der Waals surface area contributed by atoms with Crippen molar-refractivity contribution in [2.24, 2.45) is 5.73 Å². The molecule has 1 nitrogen and oxygen atoms in total. The first-order chi connectivity index (χ1) is 6.24. The molecule has 0 radical (unpaired) electrons. The number of rotatable bonds is 4. The van der Waals surface area contributed by atoms with Gasteiger partial charge in [0.05, 0.1) is 0 Å². The lowest BCUT2D eigenvalue weighted by Gasteiger charge is -2.11. The Bertz CT molecular complexity index is 260. The minimum atomic E-state index is 0.185. The number of benzene rings is 1. The summed E-state index contributed by atoms with van der Waals surface area (Å²) in [6.07, 6.45) is 0. The summed E-state index contributed by atoms with van der Waals surface area (Å²) in [6, 6.07) is 8.63. The van der Waals surface area contributed by atoms with Gasteiger partial charge in [-0.25, -0.2) is 0 Å². The van der Waals surface area contributed by atoms with Crippen molar-refractivity contribution in [1.29, 1.82) is 0 Å². The second-order valence-electron chi connectivity index (χ2n) is 3.18. The maximum Gasteiger partial charge on any atom is 0.0386 e. The summed E-state index contributed by atoms with van der Waals surface area (Å²) in [7, 11) is 0. The molecule has 0 saturated carbocycles. The first-order valence-electron chi connectivity index (χ1n) is 4.64. The van der Waals surface area contributed by atoms with Crippen LogP contribution in [0.5, 0.6) is 0 Å². The fourth-order valence-corrected chi connectivity index (χ4v) is 1.92. The van der Waals surface area contributed by atoms with E-state index in [1.807, 2.05) is 11.8 Å². The third kappa shape index (κ3) is 3.41. The summed E-state index contributed by atoms with van der Waals surface area (Å²) >= 11 is 1.89. The third-order valence-electron chi connectivity index (χ3n) is 1.97. The minimum absolute atomic E-state index is 0.185. The maximum absolute atomic E-state index is 6.03. The SMILES string of the molecule is CCSCC(N)c1cccc(C)c1. The average molecular weight is 195 g/mol. The minimum Gasteiger partial charge on any atom is -0.323 e. The van der Waals surface area contributed by atoms with Crippen LogP contribution in [-0.4, -0.2) is 11.5 Å². The molecule has 0 aliphatic carbocycles. The molecule has 72 valence electrons. The summed E-state index contributed by atoms with van der Waals surface area (Å²) in [5.41, 5.74) is 8.57. The monoisotopic (exact) mass is 195 g/mol. The van der Waals surface area contributed by atoms with Gasteiger partial charge in [0, 0.05) is 11.8 Å². The lowest BCUT2D eigenvalue weighted by molar-refractivity contribution is 0.830. The number of thioether (sulfide) groups is 1. The number of hydrogen-bond acceptors (Lipinski definition) is 2. The second-order valence-corrected chi connectivity index (χ2v) is 4.50.